The van der Waals surface area contributed by atoms with Gasteiger partial charge in [0.25, 0.3) is 0 Å². The number of hydrogen-bond donors (Lipinski definition) is 1. The van der Waals surface area contributed by atoms with Crippen LogP contribution in [-0.2, 0) is 9.53 Å². The molecule has 1 unspecified atom stereocenters. The molecule has 1 atom stereocenters. The molecular formula is C16H29NO2. The lowest BCUT2D eigenvalue weighted by Gasteiger charge is -2.39. The molecule has 0 aromatic heterocycles. The van der Waals surface area contributed by atoms with Gasteiger partial charge in [0.05, 0.1) is 7.11 Å². The van der Waals surface area contributed by atoms with Crippen molar-refractivity contribution in [3.8, 4) is 0 Å². The summed E-state index contributed by atoms with van der Waals surface area (Å²) < 4.78 is 4.99. The molecule has 3 nitrogen and oxygen atoms in total. The molecule has 3 heteroatoms. The van der Waals surface area contributed by atoms with Gasteiger partial charge in [-0.15, -0.1) is 0 Å². The van der Waals surface area contributed by atoms with Gasteiger partial charge in [-0.1, -0.05) is 20.8 Å². The average molecular weight is 267 g/mol. The normalized spacial score (nSPS) is 29.9. The molecular weight excluding hydrogens is 238 g/mol. The van der Waals surface area contributed by atoms with Crippen molar-refractivity contribution in [3.05, 3.63) is 0 Å². The van der Waals surface area contributed by atoms with E-state index in [9.17, 15) is 4.79 Å². The largest absolute Gasteiger partial charge is 0.468 e. The summed E-state index contributed by atoms with van der Waals surface area (Å²) in [4.78, 5) is 12.0. The molecule has 2 aliphatic rings. The van der Waals surface area contributed by atoms with Crippen LogP contribution >= 0.6 is 0 Å². The molecule has 0 aliphatic heterocycles. The lowest BCUT2D eigenvalue weighted by molar-refractivity contribution is -0.145. The Labute approximate surface area is 117 Å². The smallest absolute Gasteiger partial charge is 0.323 e. The fourth-order valence-electron chi connectivity index (χ4n) is 3.35. The minimum atomic E-state index is -0.0709. The van der Waals surface area contributed by atoms with E-state index in [2.05, 4.69) is 26.1 Å². The van der Waals surface area contributed by atoms with Crippen LogP contribution < -0.4 is 5.32 Å². The van der Waals surface area contributed by atoms with Gasteiger partial charge in [-0.2, -0.15) is 0 Å². The highest BCUT2D eigenvalue weighted by Gasteiger charge is 2.38. The zero-order valence-corrected chi connectivity index (χ0v) is 12.9. The van der Waals surface area contributed by atoms with Crippen LogP contribution in [0.2, 0.25) is 0 Å². The van der Waals surface area contributed by atoms with E-state index in [-0.39, 0.29) is 12.0 Å². The number of hydrogen-bond acceptors (Lipinski definition) is 3. The van der Waals surface area contributed by atoms with Gasteiger partial charge in [-0.25, -0.2) is 0 Å². The number of ether oxygens (including phenoxy) is 1. The van der Waals surface area contributed by atoms with E-state index >= 15 is 0 Å². The fraction of sp³-hybridized carbons (Fsp3) is 0.938. The highest BCUT2D eigenvalue weighted by Crippen LogP contribution is 2.41. The van der Waals surface area contributed by atoms with Crippen LogP contribution in [0.3, 0.4) is 0 Å². The fourth-order valence-corrected chi connectivity index (χ4v) is 3.35. The van der Waals surface area contributed by atoms with E-state index in [4.69, 9.17) is 4.74 Å². The first kappa shape index (κ1) is 14.8. The zero-order chi connectivity index (χ0) is 14.0. The maximum atomic E-state index is 12.0. The van der Waals surface area contributed by atoms with E-state index in [1.165, 1.54) is 32.8 Å². The summed E-state index contributed by atoms with van der Waals surface area (Å²) in [6, 6.07) is 0.489. The van der Waals surface area contributed by atoms with Crippen molar-refractivity contribution in [2.45, 2.75) is 71.4 Å². The van der Waals surface area contributed by atoms with Gasteiger partial charge in [0, 0.05) is 6.04 Å². The predicted octanol–water partition coefficient (Wildman–Crippen LogP) is 3.13. The van der Waals surface area contributed by atoms with Crippen molar-refractivity contribution in [2.24, 2.45) is 17.3 Å². The molecule has 2 rings (SSSR count). The first-order valence-corrected chi connectivity index (χ1v) is 7.75. The standard InChI is InChI=1S/C16H29NO2/c1-16(2,3)12-7-5-11(6-8-12)14(15(18)19-4)17-13-9-10-13/h11-14,17H,5-10H2,1-4H3. The highest BCUT2D eigenvalue weighted by atomic mass is 16.5. The van der Waals surface area contributed by atoms with E-state index in [1.54, 1.807) is 0 Å². The first-order chi connectivity index (χ1) is 8.91. The third kappa shape index (κ3) is 3.95. The van der Waals surface area contributed by atoms with Crippen molar-refractivity contribution in [2.75, 3.05) is 7.11 Å². The van der Waals surface area contributed by atoms with Crippen molar-refractivity contribution >= 4 is 5.97 Å². The SMILES string of the molecule is COC(=O)C(NC1CC1)C1CCC(C(C)(C)C)CC1. The Morgan fingerprint density at radius 2 is 1.68 bits per heavy atom. The number of methoxy groups -OCH3 is 1. The van der Waals surface area contributed by atoms with Crippen LogP contribution in [0, 0.1) is 17.3 Å². The monoisotopic (exact) mass is 267 g/mol. The highest BCUT2D eigenvalue weighted by molar-refractivity contribution is 5.76. The lowest BCUT2D eigenvalue weighted by atomic mass is 9.68. The number of carbonyl (C=O) groups is 1. The molecule has 0 aromatic carbocycles. The number of nitrogens with one attached hydrogen (secondary N) is 1. The molecule has 2 fully saturated rings. The molecule has 2 aliphatic carbocycles. The van der Waals surface area contributed by atoms with Gasteiger partial charge in [-0.3, -0.25) is 4.79 Å². The molecule has 1 N–H and O–H groups in total. The van der Waals surface area contributed by atoms with Crippen molar-refractivity contribution in [1.29, 1.82) is 0 Å². The second-order valence-electron chi connectivity index (χ2n) is 7.42. The summed E-state index contributed by atoms with van der Waals surface area (Å²) in [7, 11) is 1.50. The van der Waals surface area contributed by atoms with Crippen LogP contribution in [-0.4, -0.2) is 25.2 Å². The van der Waals surface area contributed by atoms with Crippen molar-refractivity contribution in [1.82, 2.24) is 5.32 Å². The number of rotatable bonds is 4. The quantitative estimate of drug-likeness (QED) is 0.795. The summed E-state index contributed by atoms with van der Waals surface area (Å²) in [6.45, 7) is 6.99. The maximum Gasteiger partial charge on any atom is 0.323 e. The summed E-state index contributed by atoms with van der Waals surface area (Å²) in [6.07, 6.45) is 7.22. The molecule has 0 heterocycles. The molecule has 0 bridgehead atoms. The third-order valence-corrected chi connectivity index (χ3v) is 4.92. The molecule has 0 aromatic rings. The van der Waals surface area contributed by atoms with Gasteiger partial charge in [0.2, 0.25) is 0 Å². The molecule has 0 amide bonds. The van der Waals surface area contributed by atoms with Crippen LogP contribution in [0.5, 0.6) is 0 Å². The second kappa shape index (κ2) is 5.82. The van der Waals surface area contributed by atoms with Crippen molar-refractivity contribution in [3.63, 3.8) is 0 Å². The molecule has 0 saturated heterocycles. The van der Waals surface area contributed by atoms with E-state index < -0.39 is 0 Å². The number of carbonyl (C=O) groups excluding carboxylic acids is 1. The van der Waals surface area contributed by atoms with E-state index in [0.29, 0.717) is 17.4 Å². The molecule has 0 spiro atoms. The van der Waals surface area contributed by atoms with Crippen LogP contribution in [0.15, 0.2) is 0 Å². The Hall–Kier alpha value is -0.570. The average Bonchev–Trinajstić information content (AvgIpc) is 3.18. The Kier molecular flexibility index (Phi) is 4.54. The van der Waals surface area contributed by atoms with Gasteiger partial charge in [0.15, 0.2) is 0 Å². The Bertz CT molecular complexity index is 309. The van der Waals surface area contributed by atoms with Crippen molar-refractivity contribution < 1.29 is 9.53 Å². The molecule has 2 saturated carbocycles. The molecule has 0 radical (unpaired) electrons. The van der Waals surface area contributed by atoms with Gasteiger partial charge >= 0.3 is 5.97 Å². The molecule has 110 valence electrons. The Balaban J connectivity index is 1.91. The van der Waals surface area contributed by atoms with E-state index in [1.807, 2.05) is 0 Å². The van der Waals surface area contributed by atoms with Crippen LogP contribution in [0.1, 0.15) is 59.3 Å². The summed E-state index contributed by atoms with van der Waals surface area (Å²) in [5.41, 5.74) is 0.398. The van der Waals surface area contributed by atoms with Gasteiger partial charge in [0.1, 0.15) is 6.04 Å². The Morgan fingerprint density at radius 1 is 1.11 bits per heavy atom. The predicted molar refractivity (Wildman–Crippen MR) is 76.9 cm³/mol. The summed E-state index contributed by atoms with van der Waals surface area (Å²) in [5.74, 6) is 1.20. The number of esters is 1. The topological polar surface area (TPSA) is 38.3 Å². The minimum absolute atomic E-state index is 0.0638. The van der Waals surface area contributed by atoms with Crippen LogP contribution in [0.25, 0.3) is 0 Å². The van der Waals surface area contributed by atoms with E-state index in [0.717, 1.165) is 18.8 Å². The minimum Gasteiger partial charge on any atom is -0.468 e. The van der Waals surface area contributed by atoms with Gasteiger partial charge < -0.3 is 10.1 Å². The summed E-state index contributed by atoms with van der Waals surface area (Å²) >= 11 is 0. The maximum absolute atomic E-state index is 12.0. The lowest BCUT2D eigenvalue weighted by Crippen LogP contribution is -2.46. The van der Waals surface area contributed by atoms with Crippen LogP contribution in [0.4, 0.5) is 0 Å². The molecule has 19 heavy (non-hydrogen) atoms. The zero-order valence-electron chi connectivity index (χ0n) is 12.9. The Morgan fingerprint density at radius 3 is 2.11 bits per heavy atom. The third-order valence-electron chi connectivity index (χ3n) is 4.92. The van der Waals surface area contributed by atoms with Gasteiger partial charge in [-0.05, 0) is 55.8 Å². The second-order valence-corrected chi connectivity index (χ2v) is 7.42. The first-order valence-electron chi connectivity index (χ1n) is 7.75. The summed E-state index contributed by atoms with van der Waals surface area (Å²) in [5, 5.41) is 3.49.